The minimum Gasteiger partial charge on any atom is -0.547 e. The fourth-order valence-electron chi connectivity index (χ4n) is 8.62. The number of carboxylic acid groups (broad SMARTS) is 2. The Morgan fingerprint density at radius 3 is 2.17 bits per heavy atom. The summed E-state index contributed by atoms with van der Waals surface area (Å²) >= 11 is 0. The summed E-state index contributed by atoms with van der Waals surface area (Å²) in [5.41, 5.74) is 0. The largest absolute Gasteiger partial charge is 1.00 e. The van der Waals surface area contributed by atoms with Gasteiger partial charge in [-0.25, -0.2) is 0 Å². The van der Waals surface area contributed by atoms with Gasteiger partial charge in [0.2, 0.25) is 11.8 Å². The van der Waals surface area contributed by atoms with E-state index in [1.807, 2.05) is 6.92 Å². The number of aliphatic hydroxyl groups excluding tert-OH is 5. The average molecular weight is 855 g/mol. The van der Waals surface area contributed by atoms with Gasteiger partial charge in [0.25, 0.3) is 0 Å². The molecule has 0 aromatic heterocycles. The van der Waals surface area contributed by atoms with Gasteiger partial charge in [0.1, 0.15) is 48.4 Å². The van der Waals surface area contributed by atoms with Crippen molar-refractivity contribution in [1.29, 1.82) is 0 Å². The molecule has 15 atom stereocenters. The normalized spacial score (nSPS) is 35.8. The van der Waals surface area contributed by atoms with E-state index in [9.17, 15) is 54.6 Å². The first-order valence-corrected chi connectivity index (χ1v) is 20.6. The number of aliphatic carboxylic acids is 2. The molecule has 8 N–H and O–H groups in total. The van der Waals surface area contributed by atoms with E-state index >= 15 is 0 Å². The number of carbonyl (C=O) groups is 5. The Bertz CT molecular complexity index is 1370. The third-order valence-electron chi connectivity index (χ3n) is 11.9. The van der Waals surface area contributed by atoms with Gasteiger partial charge in [-0.1, -0.05) is 45.4 Å². The summed E-state index contributed by atoms with van der Waals surface area (Å²) < 4.78 is 30.8. The topological polar surface area (TPSA) is 300 Å². The number of aliphatic hydroxyl groups is 5. The zero-order valence-electron chi connectivity index (χ0n) is 34.5. The molecule has 6 unspecified atom stereocenters. The number of rotatable bonds is 20. The number of hydrogen-bond acceptors (Lipinski definition) is 16. The molecular weight excluding hydrogens is 791 g/mol. The minimum absolute atomic E-state index is 0. The van der Waals surface area contributed by atoms with Crippen LogP contribution in [0, 0.1) is 17.8 Å². The summed E-state index contributed by atoms with van der Waals surface area (Å²) in [7, 11) is 0. The number of ketones is 1. The number of ether oxygens (including phenoxy) is 5. The Labute approximate surface area is 366 Å². The Kier molecular flexibility index (Phi) is 21.6. The van der Waals surface area contributed by atoms with Crippen molar-refractivity contribution >= 4 is 29.5 Å². The number of Topliss-reactive ketones (excluding diaryl/α,β-unsaturated/α-hetero) is 1. The second kappa shape index (κ2) is 24.7. The van der Waals surface area contributed by atoms with Gasteiger partial charge in [-0.15, -0.1) is 0 Å². The van der Waals surface area contributed by atoms with E-state index in [1.54, 1.807) is 0 Å². The zero-order chi connectivity index (χ0) is 42.7. The Balaban J connectivity index is 0.00000930. The summed E-state index contributed by atoms with van der Waals surface area (Å²) in [6.07, 6.45) is -11.5. The molecule has 19 nitrogen and oxygen atoms in total. The third kappa shape index (κ3) is 14.6. The standard InChI is InChI=1S/C39H64N2O17.Na/c1-4-22-16-23(24(44)11-8-14-40-28(45)12-13-29(46)47)17-25(35(22)58-39-34(51)33(50)31(48)19(2)54-39)56-38-30(41-20(3)43)36(32(49)27(18-42)57-38)55-26(37(52)53)15-21-9-6-5-7-10-21;/h19,21-23,25-27,30-36,38-39,42,48-51H,4-18H2,1-3H3,(H,40,45)(H,41,43)(H,46,47)(H,52,53);/q;+1/p-1/t19?,22?,23?,25-,26+,27+,30?,31-,32+,33+,34?,35-,36?,38-,39+;/m1./s1. The van der Waals surface area contributed by atoms with Crippen LogP contribution in [0.25, 0.3) is 0 Å². The van der Waals surface area contributed by atoms with Crippen molar-refractivity contribution in [2.45, 2.75) is 184 Å². The van der Waals surface area contributed by atoms with Crippen LogP contribution in [0.3, 0.4) is 0 Å². The first-order valence-electron chi connectivity index (χ1n) is 20.6. The summed E-state index contributed by atoms with van der Waals surface area (Å²) in [5, 5.41) is 80.0. The predicted octanol–water partition coefficient (Wildman–Crippen LogP) is -4.59. The predicted molar refractivity (Wildman–Crippen MR) is 197 cm³/mol. The second-order valence-corrected chi connectivity index (χ2v) is 16.2. The fourth-order valence-corrected chi connectivity index (χ4v) is 8.62. The zero-order valence-corrected chi connectivity index (χ0v) is 36.5. The SMILES string of the molecule is CCC1CC(C(=O)CCCNC(=O)CCC(=O)O)C[C@@H](O[C@@H]2O[C@@H](CO)[C@H](O)C(O[C@@H](CC3CCCCC3)C(=O)[O-])C2NC(C)=O)[C@@H]1O[C@@H]1OC(C)[C@@H](O)[C@H](O)C1O.[Na+]. The van der Waals surface area contributed by atoms with Crippen LogP contribution >= 0.6 is 0 Å². The van der Waals surface area contributed by atoms with Crippen LogP contribution in [0.2, 0.25) is 0 Å². The van der Waals surface area contributed by atoms with Crippen LogP contribution in [0.5, 0.6) is 0 Å². The first kappa shape index (κ1) is 51.5. The molecule has 2 saturated carbocycles. The van der Waals surface area contributed by atoms with E-state index in [1.165, 1.54) is 13.8 Å². The number of carboxylic acids is 2. The molecule has 59 heavy (non-hydrogen) atoms. The van der Waals surface area contributed by atoms with Crippen LogP contribution in [0.4, 0.5) is 0 Å². The van der Waals surface area contributed by atoms with Gasteiger partial charge < -0.3 is 74.9 Å². The Morgan fingerprint density at radius 2 is 1.56 bits per heavy atom. The molecule has 20 heteroatoms. The van der Waals surface area contributed by atoms with Crippen LogP contribution < -0.4 is 45.3 Å². The summed E-state index contributed by atoms with van der Waals surface area (Å²) in [5.74, 6) is -4.89. The third-order valence-corrected chi connectivity index (χ3v) is 11.9. The number of amides is 2. The van der Waals surface area contributed by atoms with Crippen molar-refractivity contribution in [3.05, 3.63) is 0 Å². The summed E-state index contributed by atoms with van der Waals surface area (Å²) in [6.45, 7) is 3.93. The molecule has 2 aliphatic carbocycles. The van der Waals surface area contributed by atoms with E-state index in [2.05, 4.69) is 10.6 Å². The molecule has 4 fully saturated rings. The molecule has 4 aliphatic rings. The van der Waals surface area contributed by atoms with E-state index in [4.69, 9.17) is 28.8 Å². The van der Waals surface area contributed by atoms with Crippen LogP contribution in [-0.2, 0) is 47.7 Å². The van der Waals surface area contributed by atoms with E-state index in [0.29, 0.717) is 12.8 Å². The molecule has 2 aliphatic heterocycles. The van der Waals surface area contributed by atoms with Crippen molar-refractivity contribution in [1.82, 2.24) is 10.6 Å². The van der Waals surface area contributed by atoms with Gasteiger partial charge in [-0.2, -0.15) is 0 Å². The first-order chi connectivity index (χ1) is 27.5. The Morgan fingerprint density at radius 1 is 0.864 bits per heavy atom. The maximum atomic E-state index is 13.7. The van der Waals surface area contributed by atoms with Crippen molar-refractivity contribution in [3.8, 4) is 0 Å². The maximum absolute atomic E-state index is 13.7. The molecule has 2 saturated heterocycles. The van der Waals surface area contributed by atoms with E-state index < -0.39 is 122 Å². The molecule has 0 aromatic carbocycles. The van der Waals surface area contributed by atoms with Gasteiger partial charge in [-0.3, -0.25) is 19.2 Å². The van der Waals surface area contributed by atoms with Crippen LogP contribution in [0.1, 0.15) is 104 Å². The van der Waals surface area contributed by atoms with Gasteiger partial charge in [0.15, 0.2) is 12.6 Å². The van der Waals surface area contributed by atoms with Gasteiger partial charge >= 0.3 is 35.5 Å². The number of nitrogens with one attached hydrogen (secondary N) is 2. The van der Waals surface area contributed by atoms with Crippen LogP contribution in [-0.4, -0.2) is 153 Å². The minimum atomic E-state index is -1.68. The second-order valence-electron chi connectivity index (χ2n) is 16.2. The number of carbonyl (C=O) groups excluding carboxylic acids is 4. The fraction of sp³-hybridized carbons (Fsp3) is 0.872. The Hall–Kier alpha value is -1.85. The molecule has 2 heterocycles. The smallest absolute Gasteiger partial charge is 0.547 e. The van der Waals surface area contributed by atoms with Crippen molar-refractivity contribution in [2.75, 3.05) is 13.2 Å². The van der Waals surface area contributed by atoms with Gasteiger partial charge in [-0.05, 0) is 44.4 Å². The molecule has 0 spiro atoms. The molecule has 0 radical (unpaired) electrons. The molecule has 332 valence electrons. The molecule has 4 rings (SSSR count). The van der Waals surface area contributed by atoms with Crippen molar-refractivity contribution < 1.29 is 113 Å². The van der Waals surface area contributed by atoms with Crippen LogP contribution in [0.15, 0.2) is 0 Å². The van der Waals surface area contributed by atoms with Gasteiger partial charge in [0.05, 0.1) is 43.4 Å². The summed E-state index contributed by atoms with van der Waals surface area (Å²) in [4.78, 5) is 61.6. The maximum Gasteiger partial charge on any atom is 1.00 e. The molecular formula is C39H63N2NaO17. The summed E-state index contributed by atoms with van der Waals surface area (Å²) in [6, 6.07) is -1.35. The van der Waals surface area contributed by atoms with Crippen molar-refractivity contribution in [2.24, 2.45) is 17.8 Å². The quantitative estimate of drug-likeness (QED) is 0.0422. The average Bonchev–Trinajstić information content (AvgIpc) is 3.19. The monoisotopic (exact) mass is 854 g/mol. The van der Waals surface area contributed by atoms with Gasteiger partial charge in [0, 0.05) is 32.2 Å². The molecule has 0 aromatic rings. The van der Waals surface area contributed by atoms with E-state index in [-0.39, 0.29) is 86.3 Å². The van der Waals surface area contributed by atoms with Crippen molar-refractivity contribution in [3.63, 3.8) is 0 Å². The van der Waals surface area contributed by atoms with E-state index in [0.717, 1.165) is 32.1 Å². The number of hydrogen-bond donors (Lipinski definition) is 8. The molecule has 2 amide bonds. The molecule has 0 bridgehead atoms.